The van der Waals surface area contributed by atoms with Crippen molar-refractivity contribution in [3.63, 3.8) is 0 Å². The second kappa shape index (κ2) is 23.8. The second-order valence-electron chi connectivity index (χ2n) is 11.0. The van der Waals surface area contributed by atoms with Crippen LogP contribution >= 0.6 is 16.1 Å². The van der Waals surface area contributed by atoms with E-state index in [9.17, 15) is 19.8 Å². The molecular formula is C40H51BrN2O11. The summed E-state index contributed by atoms with van der Waals surface area (Å²) in [7, 11) is 1.00. The van der Waals surface area contributed by atoms with Crippen LogP contribution in [0.15, 0.2) is 102 Å². The van der Waals surface area contributed by atoms with Gasteiger partial charge < -0.3 is 44.6 Å². The predicted octanol–water partition coefficient (Wildman–Crippen LogP) is 5.79. The number of carbonyl (C=O) groups excluding carboxylic acids is 2. The molecule has 0 saturated heterocycles. The molecule has 13 nitrogen and oxygen atoms in total. The van der Waals surface area contributed by atoms with E-state index in [4.69, 9.17) is 34.4 Å². The number of aliphatic hydroxyl groups is 4. The summed E-state index contributed by atoms with van der Waals surface area (Å²) in [6.07, 6.45) is -1.84. The van der Waals surface area contributed by atoms with Gasteiger partial charge in [0.1, 0.15) is 60.7 Å². The van der Waals surface area contributed by atoms with Gasteiger partial charge in [-0.2, -0.15) is 0 Å². The molecule has 4 aromatic carbocycles. The Morgan fingerprint density at radius 2 is 1.09 bits per heavy atom. The van der Waals surface area contributed by atoms with Gasteiger partial charge in [-0.1, -0.05) is 82.0 Å². The lowest BCUT2D eigenvalue weighted by atomic mass is 9.99. The molecule has 8 rings (SSSR count). The molecule has 4 aromatic rings. The number of hydrogen-bond donors (Lipinski definition) is 6. The SMILES string of the molecule is C.C.C.CO.O=C1CCOc2ccccc21.O=C1c2ccccc2OCC1O.ON=C1c2ccccc2OCC1O.O[C@H]1COc2ccccc2[C@H]1NBr. The fraction of sp³-hybridized carbons (Fsp3) is 0.325. The molecule has 2 unspecified atom stereocenters. The zero-order valence-electron chi connectivity index (χ0n) is 27.6. The number of hydrogen-bond acceptors (Lipinski definition) is 13. The molecule has 0 bridgehead atoms. The molecule has 0 aromatic heterocycles. The molecule has 14 heteroatoms. The van der Waals surface area contributed by atoms with Gasteiger partial charge in [-0.25, -0.2) is 4.34 Å². The minimum absolute atomic E-state index is 0. The molecular weight excluding hydrogens is 764 g/mol. The summed E-state index contributed by atoms with van der Waals surface area (Å²) in [6, 6.07) is 29.0. The normalized spacial score (nSPS) is 20.1. The smallest absolute Gasteiger partial charge is 0.198 e. The van der Waals surface area contributed by atoms with Crippen LogP contribution in [0.5, 0.6) is 23.0 Å². The summed E-state index contributed by atoms with van der Waals surface area (Å²) in [5.74, 6) is 2.70. The van der Waals surface area contributed by atoms with E-state index < -0.39 is 18.3 Å². The predicted molar refractivity (Wildman–Crippen MR) is 211 cm³/mol. The summed E-state index contributed by atoms with van der Waals surface area (Å²) in [5, 5.41) is 46.9. The third kappa shape index (κ3) is 11.8. The topological polar surface area (TPSA) is 197 Å². The number of rotatable bonds is 1. The number of benzene rings is 4. The molecule has 0 spiro atoms. The Balaban J connectivity index is 0.000000349. The Morgan fingerprint density at radius 3 is 1.67 bits per heavy atom. The number of aliphatic hydroxyl groups excluding tert-OH is 4. The van der Waals surface area contributed by atoms with Crippen LogP contribution in [-0.4, -0.2) is 94.8 Å². The third-order valence-corrected chi connectivity index (χ3v) is 8.27. The average Bonchev–Trinajstić information content (AvgIpc) is 3.18. The fourth-order valence-corrected chi connectivity index (χ4v) is 5.81. The van der Waals surface area contributed by atoms with E-state index in [1.54, 1.807) is 48.5 Å². The molecule has 294 valence electrons. The molecule has 0 fully saturated rings. The Morgan fingerprint density at radius 1 is 0.630 bits per heavy atom. The minimum atomic E-state index is -1.00. The highest BCUT2D eigenvalue weighted by Crippen LogP contribution is 2.32. The first-order chi connectivity index (χ1) is 24.8. The lowest BCUT2D eigenvalue weighted by Gasteiger charge is -2.29. The number of carbonyl (C=O) groups is 2. The summed E-state index contributed by atoms with van der Waals surface area (Å²) in [4.78, 5) is 22.5. The molecule has 4 aliphatic rings. The van der Waals surface area contributed by atoms with Crippen LogP contribution in [0.2, 0.25) is 0 Å². The van der Waals surface area contributed by atoms with Crippen molar-refractivity contribution >= 4 is 33.4 Å². The van der Waals surface area contributed by atoms with E-state index in [1.165, 1.54) is 0 Å². The fourth-order valence-electron chi connectivity index (χ4n) is 5.26. The quantitative estimate of drug-likeness (QED) is 0.0770. The van der Waals surface area contributed by atoms with Crippen molar-refractivity contribution in [3.05, 3.63) is 119 Å². The number of oxime groups is 1. The van der Waals surface area contributed by atoms with Crippen LogP contribution in [0.4, 0.5) is 0 Å². The minimum Gasteiger partial charge on any atom is -0.492 e. The number of nitrogens with zero attached hydrogens (tertiary/aromatic N) is 1. The van der Waals surface area contributed by atoms with E-state index in [1.807, 2.05) is 48.5 Å². The molecule has 0 amide bonds. The van der Waals surface area contributed by atoms with E-state index in [-0.39, 0.29) is 58.8 Å². The number of para-hydroxylation sites is 4. The van der Waals surface area contributed by atoms with E-state index >= 15 is 0 Å². The highest BCUT2D eigenvalue weighted by Gasteiger charge is 2.29. The summed E-state index contributed by atoms with van der Waals surface area (Å²) in [6.45, 7) is 1.06. The lowest BCUT2D eigenvalue weighted by molar-refractivity contribution is 0.0558. The van der Waals surface area contributed by atoms with Gasteiger partial charge in [-0.05, 0) is 42.5 Å². The van der Waals surface area contributed by atoms with Crippen LogP contribution in [0, 0.1) is 0 Å². The largest absolute Gasteiger partial charge is 0.492 e. The first kappa shape index (κ1) is 47.2. The van der Waals surface area contributed by atoms with Crippen molar-refractivity contribution in [2.75, 3.05) is 33.5 Å². The van der Waals surface area contributed by atoms with Gasteiger partial charge in [-0.3, -0.25) is 9.59 Å². The second-order valence-corrected chi connectivity index (χ2v) is 11.5. The first-order valence-corrected chi connectivity index (χ1v) is 16.6. The van der Waals surface area contributed by atoms with Gasteiger partial charge in [0.25, 0.3) is 0 Å². The zero-order chi connectivity index (χ0) is 36.8. The molecule has 0 aliphatic carbocycles. The molecule has 4 heterocycles. The number of halogens is 1. The van der Waals surface area contributed by atoms with Gasteiger partial charge in [-0.15, -0.1) is 0 Å². The molecule has 4 atom stereocenters. The number of nitrogens with one attached hydrogen (secondary N) is 1. The van der Waals surface area contributed by atoms with Crippen LogP contribution in [0.3, 0.4) is 0 Å². The highest BCUT2D eigenvalue weighted by molar-refractivity contribution is 9.08. The number of Topliss-reactive ketones (excluding diaryl/α,β-unsaturated/α-hetero) is 2. The van der Waals surface area contributed by atoms with E-state index in [0.717, 1.165) is 29.7 Å². The van der Waals surface area contributed by atoms with Gasteiger partial charge in [0.2, 0.25) is 0 Å². The van der Waals surface area contributed by atoms with E-state index in [2.05, 4.69) is 25.6 Å². The zero-order valence-corrected chi connectivity index (χ0v) is 29.2. The maximum Gasteiger partial charge on any atom is 0.198 e. The first-order valence-electron chi connectivity index (χ1n) is 15.8. The van der Waals surface area contributed by atoms with Crippen molar-refractivity contribution in [2.24, 2.45) is 5.16 Å². The molecule has 54 heavy (non-hydrogen) atoms. The number of ketones is 2. The standard InChI is InChI=1S/C9H10BrNO2.C9H9NO3.C9H8O3.C9H8O2.CH4O.3CH4/c10-11-9-6-3-1-2-4-8(6)13-5-7(9)12;11-7-5-13-8-4-2-1-3-6(8)9(7)10-12;10-7-5-12-8-4-2-1-3-6(8)9(7)11;10-8-5-6-11-9-4-2-1-3-7(8)9;1-2;;;/h1-4,7,9,11-12H,5H2;1-4,7,11-12H,5H2;1-4,7,10H,5H2;1-4H,5-6H2;2H,1H3;3*1H4/t7-,9+;;;;;;;/m0......./s1. The van der Waals surface area contributed by atoms with Crippen molar-refractivity contribution < 1.29 is 54.2 Å². The monoisotopic (exact) mass is 814 g/mol. The average molecular weight is 816 g/mol. The molecule has 0 saturated carbocycles. The summed E-state index contributed by atoms with van der Waals surface area (Å²) >= 11 is 3.16. The number of fused-ring (bicyclic) bond motifs is 4. The highest BCUT2D eigenvalue weighted by atomic mass is 79.9. The third-order valence-electron chi connectivity index (χ3n) is 7.78. The Hall–Kier alpha value is -4.83. The Labute approximate surface area is 325 Å². The Bertz CT molecular complexity index is 1790. The van der Waals surface area contributed by atoms with Crippen LogP contribution in [0.25, 0.3) is 0 Å². The van der Waals surface area contributed by atoms with Crippen molar-refractivity contribution in [1.29, 1.82) is 0 Å². The maximum absolute atomic E-state index is 11.3. The summed E-state index contributed by atoms with van der Waals surface area (Å²) in [5.41, 5.74) is 3.08. The van der Waals surface area contributed by atoms with Crippen molar-refractivity contribution in [3.8, 4) is 23.0 Å². The van der Waals surface area contributed by atoms with Gasteiger partial charge in [0.05, 0.1) is 23.8 Å². The van der Waals surface area contributed by atoms with E-state index in [0.29, 0.717) is 42.3 Å². The van der Waals surface area contributed by atoms with Crippen molar-refractivity contribution in [1.82, 2.24) is 4.34 Å². The van der Waals surface area contributed by atoms with Gasteiger partial charge >= 0.3 is 0 Å². The van der Waals surface area contributed by atoms with Gasteiger partial charge in [0, 0.05) is 40.8 Å². The van der Waals surface area contributed by atoms with Crippen LogP contribution < -0.4 is 23.3 Å². The molecule has 6 N–H and O–H groups in total. The lowest BCUT2D eigenvalue weighted by Crippen LogP contribution is -2.35. The van der Waals surface area contributed by atoms with Gasteiger partial charge in [0.15, 0.2) is 17.7 Å². The maximum atomic E-state index is 11.3. The molecule has 4 aliphatic heterocycles. The van der Waals surface area contributed by atoms with Crippen molar-refractivity contribution in [2.45, 2.75) is 53.1 Å². The van der Waals surface area contributed by atoms with Crippen LogP contribution in [-0.2, 0) is 0 Å². The van der Waals surface area contributed by atoms with Crippen LogP contribution in [0.1, 0.15) is 66.6 Å². The summed E-state index contributed by atoms with van der Waals surface area (Å²) < 4.78 is 23.9. The number of ether oxygens (including phenoxy) is 4. The Kier molecular flexibility index (Phi) is 20.8. The molecule has 0 radical (unpaired) electrons.